The van der Waals surface area contributed by atoms with E-state index < -0.39 is 28.5 Å². The molecule has 1 heterocycles. The van der Waals surface area contributed by atoms with Crippen molar-refractivity contribution in [3.63, 3.8) is 0 Å². The summed E-state index contributed by atoms with van der Waals surface area (Å²) < 4.78 is 37.3. The predicted molar refractivity (Wildman–Crippen MR) is 48.4 cm³/mol. The summed E-state index contributed by atoms with van der Waals surface area (Å²) in [5.74, 6) is -1.38. The number of hydrogen-bond acceptors (Lipinski definition) is 3. The van der Waals surface area contributed by atoms with Crippen molar-refractivity contribution in [2.45, 2.75) is 11.8 Å². The minimum absolute atomic E-state index is 0.0796. The smallest absolute Gasteiger partial charge is 0.258 e. The summed E-state index contributed by atoms with van der Waals surface area (Å²) >= 11 is 2.85. The van der Waals surface area contributed by atoms with Crippen LogP contribution in [0.25, 0.3) is 0 Å². The fourth-order valence-corrected chi connectivity index (χ4v) is 1.35. The van der Waals surface area contributed by atoms with Gasteiger partial charge in [0.25, 0.3) is 12.1 Å². The van der Waals surface area contributed by atoms with Crippen LogP contribution in [0.15, 0.2) is 6.07 Å². The number of hydrogen-bond donors (Lipinski definition) is 0. The number of alkyl halides is 3. The van der Waals surface area contributed by atoms with Gasteiger partial charge in [0.15, 0.2) is 0 Å². The minimum Gasteiger partial charge on any atom is -0.258 e. The van der Waals surface area contributed by atoms with E-state index in [0.717, 1.165) is 0 Å². The number of halogens is 4. The first-order valence-corrected chi connectivity index (χ1v) is 4.77. The van der Waals surface area contributed by atoms with Gasteiger partial charge in [0.05, 0.1) is 15.8 Å². The van der Waals surface area contributed by atoms with Crippen LogP contribution in [0.2, 0.25) is 0 Å². The molecule has 0 atom stereocenters. The van der Waals surface area contributed by atoms with Gasteiger partial charge in [0, 0.05) is 6.07 Å². The van der Waals surface area contributed by atoms with Gasteiger partial charge < -0.3 is 0 Å². The van der Waals surface area contributed by atoms with Gasteiger partial charge in [0.1, 0.15) is 5.69 Å². The number of rotatable bonds is 3. The van der Waals surface area contributed by atoms with Crippen LogP contribution in [0.5, 0.6) is 0 Å². The van der Waals surface area contributed by atoms with E-state index in [4.69, 9.17) is 0 Å². The second-order valence-corrected chi connectivity index (χ2v) is 3.09. The van der Waals surface area contributed by atoms with Gasteiger partial charge in [-0.2, -0.15) is 4.39 Å². The molecule has 0 amide bonds. The van der Waals surface area contributed by atoms with Crippen LogP contribution < -0.4 is 0 Å². The Morgan fingerprint density at radius 3 is 2.60 bits per heavy atom. The summed E-state index contributed by atoms with van der Waals surface area (Å²) in [6.45, 7) is 0. The molecular formula is C7H4BrF3N2O2. The zero-order valence-electron chi connectivity index (χ0n) is 7.08. The van der Waals surface area contributed by atoms with Crippen molar-refractivity contribution in [1.29, 1.82) is 0 Å². The molecule has 0 aliphatic carbocycles. The number of aromatic nitrogens is 1. The lowest BCUT2D eigenvalue weighted by molar-refractivity contribution is -0.386. The normalized spacial score (nSPS) is 10.7. The Morgan fingerprint density at radius 1 is 1.60 bits per heavy atom. The van der Waals surface area contributed by atoms with E-state index in [-0.39, 0.29) is 11.0 Å². The quantitative estimate of drug-likeness (QED) is 0.371. The van der Waals surface area contributed by atoms with Crippen LogP contribution in [0.1, 0.15) is 17.7 Å². The van der Waals surface area contributed by atoms with Crippen LogP contribution in [0.3, 0.4) is 0 Å². The van der Waals surface area contributed by atoms with Crippen LogP contribution in [-0.4, -0.2) is 9.91 Å². The molecule has 0 fully saturated rings. The minimum atomic E-state index is -3.12. The van der Waals surface area contributed by atoms with Crippen molar-refractivity contribution in [3.8, 4) is 0 Å². The van der Waals surface area contributed by atoms with E-state index in [0.29, 0.717) is 6.07 Å². The van der Waals surface area contributed by atoms with Crippen molar-refractivity contribution in [2.75, 3.05) is 0 Å². The second-order valence-electron chi connectivity index (χ2n) is 2.53. The van der Waals surface area contributed by atoms with E-state index in [1.54, 1.807) is 0 Å². The molecule has 1 aromatic rings. The molecule has 8 heteroatoms. The highest BCUT2D eigenvalue weighted by Crippen LogP contribution is 2.28. The first-order valence-electron chi connectivity index (χ1n) is 3.65. The average Bonchev–Trinajstić information content (AvgIpc) is 2.16. The molecule has 0 N–H and O–H groups in total. The maximum absolute atomic E-state index is 12.9. The van der Waals surface area contributed by atoms with E-state index in [1.165, 1.54) is 0 Å². The van der Waals surface area contributed by atoms with Crippen molar-refractivity contribution in [3.05, 3.63) is 33.4 Å². The highest BCUT2D eigenvalue weighted by Gasteiger charge is 2.23. The molecule has 0 aliphatic heterocycles. The lowest BCUT2D eigenvalue weighted by atomic mass is 10.2. The predicted octanol–water partition coefficient (Wildman–Crippen LogP) is 2.96. The first kappa shape index (κ1) is 11.9. The second kappa shape index (κ2) is 4.56. The van der Waals surface area contributed by atoms with Gasteiger partial charge in [0.2, 0.25) is 5.95 Å². The summed E-state index contributed by atoms with van der Waals surface area (Å²) in [5.41, 5.74) is -1.91. The number of nitrogens with zero attached hydrogens (tertiary/aromatic N) is 2. The van der Waals surface area contributed by atoms with Crippen LogP contribution in [0, 0.1) is 16.1 Å². The van der Waals surface area contributed by atoms with E-state index in [1.807, 2.05) is 0 Å². The third-order valence-corrected chi connectivity index (χ3v) is 2.15. The molecule has 0 spiro atoms. The Balaban J connectivity index is 3.37. The van der Waals surface area contributed by atoms with Crippen molar-refractivity contribution >= 4 is 21.6 Å². The van der Waals surface area contributed by atoms with Crippen LogP contribution in [0.4, 0.5) is 18.9 Å². The zero-order valence-corrected chi connectivity index (χ0v) is 8.67. The lowest BCUT2D eigenvalue weighted by Crippen LogP contribution is -2.03. The standard InChI is InChI=1S/C7H4BrF3N2O2/c8-2-4-5(13(14)15)1-3(6(9)10)7(11)12-4/h1,6H,2H2. The highest BCUT2D eigenvalue weighted by molar-refractivity contribution is 9.08. The maximum atomic E-state index is 12.9. The molecular weight excluding hydrogens is 281 g/mol. The molecule has 0 unspecified atom stereocenters. The van der Waals surface area contributed by atoms with Gasteiger partial charge in [-0.25, -0.2) is 13.8 Å². The molecule has 15 heavy (non-hydrogen) atoms. The molecule has 0 radical (unpaired) electrons. The van der Waals surface area contributed by atoms with Gasteiger partial charge in [-0.3, -0.25) is 10.1 Å². The maximum Gasteiger partial charge on any atom is 0.292 e. The third kappa shape index (κ3) is 2.44. The van der Waals surface area contributed by atoms with Crippen LogP contribution in [-0.2, 0) is 5.33 Å². The lowest BCUT2D eigenvalue weighted by Gasteiger charge is -2.03. The van der Waals surface area contributed by atoms with Gasteiger partial charge in [-0.1, -0.05) is 15.9 Å². The molecule has 4 nitrogen and oxygen atoms in total. The fourth-order valence-electron chi connectivity index (χ4n) is 0.940. The molecule has 1 rings (SSSR count). The third-order valence-electron chi connectivity index (χ3n) is 1.62. The van der Waals surface area contributed by atoms with Gasteiger partial charge in [-0.05, 0) is 0 Å². The fraction of sp³-hybridized carbons (Fsp3) is 0.286. The van der Waals surface area contributed by atoms with Crippen LogP contribution >= 0.6 is 15.9 Å². The molecule has 0 saturated heterocycles. The van der Waals surface area contributed by atoms with Crippen molar-refractivity contribution < 1.29 is 18.1 Å². The van der Waals surface area contributed by atoms with E-state index >= 15 is 0 Å². The molecule has 0 aliphatic rings. The van der Waals surface area contributed by atoms with E-state index in [9.17, 15) is 23.3 Å². The summed E-state index contributed by atoms with van der Waals surface area (Å²) in [4.78, 5) is 12.7. The summed E-state index contributed by atoms with van der Waals surface area (Å²) in [6.07, 6.45) is -3.12. The van der Waals surface area contributed by atoms with Gasteiger partial charge in [-0.15, -0.1) is 0 Å². The summed E-state index contributed by atoms with van der Waals surface area (Å²) in [7, 11) is 0. The first-order chi connectivity index (χ1) is 6.97. The van der Waals surface area contributed by atoms with E-state index in [2.05, 4.69) is 20.9 Å². The Bertz CT molecular complexity index is 400. The van der Waals surface area contributed by atoms with Crippen molar-refractivity contribution in [1.82, 2.24) is 4.98 Å². The Kier molecular flexibility index (Phi) is 3.61. The largest absolute Gasteiger partial charge is 0.292 e. The average molecular weight is 285 g/mol. The SMILES string of the molecule is O=[N+]([O-])c1cc(C(F)F)c(F)nc1CBr. The topological polar surface area (TPSA) is 56.0 Å². The molecule has 0 saturated carbocycles. The molecule has 0 bridgehead atoms. The number of nitro groups is 1. The summed E-state index contributed by atoms with van der Waals surface area (Å²) in [5, 5.41) is 10.4. The monoisotopic (exact) mass is 284 g/mol. The highest BCUT2D eigenvalue weighted by atomic mass is 79.9. The molecule has 1 aromatic heterocycles. The van der Waals surface area contributed by atoms with Crippen molar-refractivity contribution in [2.24, 2.45) is 0 Å². The Morgan fingerprint density at radius 2 is 2.20 bits per heavy atom. The Labute approximate surface area is 90.4 Å². The molecule has 0 aromatic carbocycles. The summed E-state index contributed by atoms with van der Waals surface area (Å²) in [6, 6.07) is 0.504. The Hall–Kier alpha value is -1.18. The van der Waals surface area contributed by atoms with Gasteiger partial charge >= 0.3 is 0 Å². The number of pyridine rings is 1. The molecule has 82 valence electrons. The zero-order chi connectivity index (χ0) is 11.6.